The maximum absolute atomic E-state index is 4.86. The summed E-state index contributed by atoms with van der Waals surface area (Å²) in [6.07, 6.45) is 7.62. The number of allylic oxidation sites excluding steroid dienone is 4. The van der Waals surface area contributed by atoms with Gasteiger partial charge in [-0.15, -0.1) is 0 Å². The van der Waals surface area contributed by atoms with Crippen LogP contribution in [0, 0.1) is 0 Å². The van der Waals surface area contributed by atoms with Gasteiger partial charge in [0.15, 0.2) is 0 Å². The van der Waals surface area contributed by atoms with Crippen LogP contribution in [-0.2, 0) is 0 Å². The van der Waals surface area contributed by atoms with Crippen LogP contribution >= 0.6 is 0 Å². The molecule has 0 N–H and O–H groups in total. The van der Waals surface area contributed by atoms with Crippen LogP contribution < -0.4 is 0 Å². The van der Waals surface area contributed by atoms with Crippen LogP contribution in [0.1, 0.15) is 44.5 Å². The molecule has 6 heteroatoms. The Morgan fingerprint density at radius 2 is 0.474 bits per heavy atom. The number of rotatable bonds is 11. The molecule has 0 saturated heterocycles. The van der Waals surface area contributed by atoms with Crippen molar-refractivity contribution in [2.45, 2.75) is 25.2 Å². The van der Waals surface area contributed by atoms with Gasteiger partial charge in [-0.2, -0.15) is 0 Å². The molecule has 6 heterocycles. The Balaban J connectivity index is 1.10. The second-order valence-corrected chi connectivity index (χ2v) is 29.6. The molecule has 2 aliphatic heterocycles. The van der Waals surface area contributed by atoms with Crippen LogP contribution in [0.25, 0.3) is 86.7 Å². The van der Waals surface area contributed by atoms with Gasteiger partial charge in [0.25, 0.3) is 0 Å². The van der Waals surface area contributed by atoms with E-state index in [0.717, 1.165) is 55.7 Å². The summed E-state index contributed by atoms with van der Waals surface area (Å²) < 4.78 is 0. The highest BCUT2D eigenvalue weighted by Crippen LogP contribution is 2.62. The quantitative estimate of drug-likeness (QED) is 0.121. The van der Waals surface area contributed by atoms with Crippen LogP contribution in [0.4, 0.5) is 0 Å². The molecule has 0 atom stereocenters. The number of fused-ring (bicyclic) bond motifs is 4. The Hall–Kier alpha value is -9.21. The molecule has 370 valence electrons. The van der Waals surface area contributed by atoms with Gasteiger partial charge in [-0.3, -0.25) is 19.9 Å². The zero-order valence-corrected chi connectivity index (χ0v) is 45.6. The number of nitrogens with zero attached hydrogens (tertiary/aromatic N) is 4. The highest BCUT2D eigenvalue weighted by molar-refractivity contribution is 7.17. The highest BCUT2D eigenvalue weighted by Gasteiger charge is 2.52. The van der Waals surface area contributed by atoms with Gasteiger partial charge in [-0.05, 0) is 160 Å². The van der Waals surface area contributed by atoms with Gasteiger partial charge < -0.3 is 0 Å². The zero-order valence-electron chi connectivity index (χ0n) is 43.6. The maximum atomic E-state index is 4.86. The lowest BCUT2D eigenvalue weighted by Gasteiger charge is -2.37. The van der Waals surface area contributed by atoms with Gasteiger partial charge in [0.05, 0.1) is 22.1 Å². The Morgan fingerprint density at radius 3 is 0.705 bits per heavy atom. The van der Waals surface area contributed by atoms with E-state index < -0.39 is 16.1 Å². The minimum atomic E-state index is -2.97. The van der Waals surface area contributed by atoms with Crippen molar-refractivity contribution in [3.8, 4) is 0 Å². The number of aromatic nitrogens is 4. The summed E-state index contributed by atoms with van der Waals surface area (Å²) in [4.78, 5) is 19.4. The Kier molecular flexibility index (Phi) is 11.8. The van der Waals surface area contributed by atoms with E-state index in [1.807, 2.05) is 24.8 Å². The molecule has 4 nitrogen and oxygen atoms in total. The van der Waals surface area contributed by atoms with Gasteiger partial charge in [-0.1, -0.05) is 195 Å². The minimum absolute atomic E-state index is 0.977. The Labute approximate surface area is 457 Å². The largest absolute Gasteiger partial charge is 0.256 e. The first kappa shape index (κ1) is 47.3. The Morgan fingerprint density at radius 1 is 0.244 bits per heavy atom. The van der Waals surface area contributed by atoms with Crippen molar-refractivity contribution in [3.05, 3.63) is 312 Å². The van der Waals surface area contributed by atoms with Gasteiger partial charge in [0.1, 0.15) is 16.1 Å². The third-order valence-corrected chi connectivity index (χ3v) is 26.2. The summed E-state index contributed by atoms with van der Waals surface area (Å²) >= 11 is 0. The second kappa shape index (κ2) is 19.4. The fourth-order valence-electron chi connectivity index (χ4n) is 13.2. The molecule has 0 unspecified atom stereocenters. The molecule has 8 aromatic carbocycles. The van der Waals surface area contributed by atoms with E-state index in [1.165, 1.54) is 87.6 Å². The lowest BCUT2D eigenvalue weighted by atomic mass is 9.89. The van der Waals surface area contributed by atoms with Crippen molar-refractivity contribution in [2.75, 3.05) is 0 Å². The normalized spacial score (nSPS) is 15.2. The molecule has 12 aromatic rings. The summed E-state index contributed by atoms with van der Waals surface area (Å²) in [6, 6.07) is 92.2. The van der Waals surface area contributed by atoms with Crippen molar-refractivity contribution < 1.29 is 0 Å². The zero-order chi connectivity index (χ0) is 52.2. The maximum Gasteiger partial charge on any atom is 0.118 e. The first-order valence-corrected chi connectivity index (χ1v) is 32.5. The van der Waals surface area contributed by atoms with E-state index in [-0.39, 0.29) is 0 Å². The van der Waals surface area contributed by atoms with Crippen LogP contribution in [0.5, 0.6) is 0 Å². The van der Waals surface area contributed by atoms with Crippen molar-refractivity contribution in [2.24, 2.45) is 0 Å². The third-order valence-electron chi connectivity index (χ3n) is 16.6. The smallest absolute Gasteiger partial charge is 0.118 e. The average Bonchev–Trinajstić information content (AvgIpc) is 3.65. The lowest BCUT2D eigenvalue weighted by Crippen LogP contribution is -2.39. The van der Waals surface area contributed by atoms with Crippen molar-refractivity contribution >= 4 is 103 Å². The van der Waals surface area contributed by atoms with Gasteiger partial charge in [-0.25, -0.2) is 0 Å². The molecule has 78 heavy (non-hydrogen) atoms. The number of hydrogen-bond acceptors (Lipinski definition) is 4. The summed E-state index contributed by atoms with van der Waals surface area (Å²) in [6.45, 7) is 5.41. The molecule has 0 aliphatic carbocycles. The van der Waals surface area contributed by atoms with Crippen LogP contribution in [0.3, 0.4) is 0 Å². The average molecular weight is 1030 g/mol. The van der Waals surface area contributed by atoms with Gasteiger partial charge in [0, 0.05) is 46.3 Å². The van der Waals surface area contributed by atoms with Crippen LogP contribution in [-0.4, -0.2) is 36.1 Å². The number of pyridine rings is 4. The molecule has 0 saturated carbocycles. The second-order valence-electron chi connectivity index (χ2n) is 21.3. The number of hydrogen-bond donors (Lipinski definition) is 0. The van der Waals surface area contributed by atoms with E-state index in [0.29, 0.717) is 0 Å². The molecular weight excluding hydrogens is 977 g/mol. The van der Waals surface area contributed by atoms with E-state index in [1.54, 1.807) is 0 Å². The van der Waals surface area contributed by atoms with Crippen LogP contribution in [0.2, 0.25) is 25.2 Å². The first-order chi connectivity index (χ1) is 38.4. The predicted molar refractivity (Wildman–Crippen MR) is 333 cm³/mol. The molecule has 0 spiro atoms. The van der Waals surface area contributed by atoms with E-state index in [2.05, 4.69) is 256 Å². The molecule has 2 aliphatic rings. The highest BCUT2D eigenvalue weighted by atomic mass is 28.3. The minimum Gasteiger partial charge on any atom is -0.256 e. The third kappa shape index (κ3) is 8.03. The lowest BCUT2D eigenvalue weighted by molar-refractivity contribution is 1.33. The molecule has 0 amide bonds. The van der Waals surface area contributed by atoms with E-state index >= 15 is 0 Å². The molecule has 0 radical (unpaired) electrons. The Bertz CT molecular complexity index is 3890. The van der Waals surface area contributed by atoms with Crippen LogP contribution in [0.15, 0.2) is 267 Å². The first-order valence-electron chi connectivity index (χ1n) is 27.1. The van der Waals surface area contributed by atoms with E-state index in [9.17, 15) is 0 Å². The summed E-state index contributed by atoms with van der Waals surface area (Å²) in [5.41, 5.74) is 19.2. The fraction of sp³-hybridized carbons (Fsp3) is 0.0556. The van der Waals surface area contributed by atoms with Crippen molar-refractivity contribution in [1.29, 1.82) is 0 Å². The predicted octanol–water partition coefficient (Wildman–Crippen LogP) is 18.0. The molecule has 14 rings (SSSR count). The van der Waals surface area contributed by atoms with Gasteiger partial charge >= 0.3 is 0 Å². The molecule has 0 fully saturated rings. The SMILES string of the molecule is C[Si]1(CC[Si]2(C)C(c3ccc4ncccc4c3)=C(c3ccccc3)C(c3ccccc3)=C2c2ccc3ncccc3c2)C(c2ccc3ncccc3c2)=C(c2ccccc2)C(c2ccccc2)=C1c1ccc2ncccc2c1. The number of benzene rings is 8. The van der Waals surface area contributed by atoms with Crippen molar-refractivity contribution in [1.82, 2.24) is 19.9 Å². The molecule has 0 bridgehead atoms. The summed E-state index contributed by atoms with van der Waals surface area (Å²) in [5.74, 6) is 0. The fourth-order valence-corrected chi connectivity index (χ4v) is 25.2. The molecular formula is C72H54N4Si2. The van der Waals surface area contributed by atoms with Crippen molar-refractivity contribution in [3.63, 3.8) is 0 Å². The van der Waals surface area contributed by atoms with Gasteiger partial charge in [0.2, 0.25) is 0 Å². The summed E-state index contributed by atoms with van der Waals surface area (Å²) in [7, 11) is -5.94. The topological polar surface area (TPSA) is 51.6 Å². The van der Waals surface area contributed by atoms with E-state index in [4.69, 9.17) is 19.9 Å². The monoisotopic (exact) mass is 1030 g/mol. The summed E-state index contributed by atoms with van der Waals surface area (Å²) in [5, 5.41) is 10.4. The standard InChI is InChI=1S/C72H54N4Si2/c1-77(69(57-31-35-61-53(45-57)27-15-39-73-61)65(49-19-7-3-8-20-49)66(50-21-9-4-10-22-50)70(77)58-32-36-62-54(46-58)28-16-40-74-62)43-44-78(2)71(59-33-37-63-55(47-59)29-17-41-75-63)67(51-23-11-5-12-24-51)68(52-25-13-6-14-26-52)72(78)60-34-38-64-56(48-60)30-18-42-76-64/h3-42,45-48H,43-44H2,1-2H3. The molecule has 4 aromatic heterocycles.